The molecular weight excluding hydrogens is 375 g/mol. The van der Waals surface area contributed by atoms with Gasteiger partial charge in [-0.25, -0.2) is 4.98 Å². The van der Waals surface area contributed by atoms with Crippen LogP contribution in [-0.2, 0) is 26.2 Å². The zero-order chi connectivity index (χ0) is 20.9. The average molecular weight is 401 g/mol. The van der Waals surface area contributed by atoms with Crippen LogP contribution in [0.15, 0.2) is 29.8 Å². The summed E-state index contributed by atoms with van der Waals surface area (Å²) in [5.41, 5.74) is -2.14. The Hall–Kier alpha value is -2.56. The Morgan fingerprint density at radius 2 is 2.07 bits per heavy atom. The number of nitrogens with zero attached hydrogens (tertiary/aromatic N) is 6. The Balaban J connectivity index is 2.15. The van der Waals surface area contributed by atoms with Gasteiger partial charge in [0, 0.05) is 71.4 Å². The molecule has 2 aromatic heterocycles. The molecule has 0 bridgehead atoms. The van der Waals surface area contributed by atoms with E-state index in [4.69, 9.17) is 0 Å². The van der Waals surface area contributed by atoms with Crippen molar-refractivity contribution in [2.75, 3.05) is 20.1 Å². The number of hydrogen-bond donors (Lipinski definition) is 2. The first kappa shape index (κ1) is 21.7. The smallest absolute Gasteiger partial charge is 0.374 e. The van der Waals surface area contributed by atoms with Crippen molar-refractivity contribution in [2.24, 2.45) is 19.1 Å². The fourth-order valence-electron chi connectivity index (χ4n) is 2.84. The third-order valence-corrected chi connectivity index (χ3v) is 4.27. The highest BCUT2D eigenvalue weighted by molar-refractivity contribution is 5.79. The van der Waals surface area contributed by atoms with Crippen molar-refractivity contribution in [3.05, 3.63) is 36.2 Å². The minimum absolute atomic E-state index is 0.234. The summed E-state index contributed by atoms with van der Waals surface area (Å²) < 4.78 is 43.6. The number of hydrogen-bond acceptors (Lipinski definition) is 4. The fourth-order valence-corrected chi connectivity index (χ4v) is 2.84. The van der Waals surface area contributed by atoms with Gasteiger partial charge in [-0.2, -0.15) is 18.3 Å². The molecule has 1 unspecified atom stereocenters. The van der Waals surface area contributed by atoms with Crippen molar-refractivity contribution in [2.45, 2.75) is 31.7 Å². The lowest BCUT2D eigenvalue weighted by molar-refractivity contribution is -0.272. The van der Waals surface area contributed by atoms with Crippen LogP contribution in [0.4, 0.5) is 13.2 Å². The number of aryl methyl sites for hydroxylation is 2. The predicted octanol–water partition coefficient (Wildman–Crippen LogP) is 1.39. The predicted molar refractivity (Wildman–Crippen MR) is 98.4 cm³/mol. The van der Waals surface area contributed by atoms with Crippen LogP contribution in [0.3, 0.4) is 0 Å². The van der Waals surface area contributed by atoms with Crippen molar-refractivity contribution in [3.8, 4) is 0 Å². The fraction of sp³-hybridized carbons (Fsp3) is 0.588. The number of aliphatic hydroxyl groups is 1. The number of guanidine groups is 1. The highest BCUT2D eigenvalue weighted by atomic mass is 19.4. The second kappa shape index (κ2) is 8.63. The maximum atomic E-state index is 13.6. The number of imidazole rings is 1. The standard InChI is InChI=1S/C17H26F3N7O/c1-5-21-15(26(3)11-13-10-24-27(4)12-13)23-7-6-16(28,17(18,19)20)14-22-8-9-25(14)2/h8-10,12,28H,5-7,11H2,1-4H3,(H,21,23). The first-order valence-electron chi connectivity index (χ1n) is 8.82. The summed E-state index contributed by atoms with van der Waals surface area (Å²) in [5.74, 6) is -0.0142. The van der Waals surface area contributed by atoms with Crippen LogP contribution in [0.1, 0.15) is 24.7 Å². The molecule has 0 saturated carbocycles. The van der Waals surface area contributed by atoms with Gasteiger partial charge < -0.3 is 19.9 Å². The number of halogens is 3. The molecule has 1 atom stereocenters. The molecule has 11 heteroatoms. The summed E-state index contributed by atoms with van der Waals surface area (Å²) in [4.78, 5) is 9.74. The van der Waals surface area contributed by atoms with E-state index >= 15 is 0 Å². The van der Waals surface area contributed by atoms with Gasteiger partial charge in [0.15, 0.2) is 5.96 Å². The molecule has 0 aliphatic rings. The zero-order valence-corrected chi connectivity index (χ0v) is 16.4. The lowest BCUT2D eigenvalue weighted by atomic mass is 9.98. The summed E-state index contributed by atoms with van der Waals surface area (Å²) in [6, 6.07) is 0. The Morgan fingerprint density at radius 1 is 1.36 bits per heavy atom. The summed E-state index contributed by atoms with van der Waals surface area (Å²) >= 11 is 0. The van der Waals surface area contributed by atoms with Crippen molar-refractivity contribution in [3.63, 3.8) is 0 Å². The summed E-state index contributed by atoms with van der Waals surface area (Å²) in [6.07, 6.45) is 0.633. The summed E-state index contributed by atoms with van der Waals surface area (Å²) in [7, 11) is 5.00. The third-order valence-electron chi connectivity index (χ3n) is 4.27. The molecule has 2 rings (SSSR count). The monoisotopic (exact) mass is 401 g/mol. The van der Waals surface area contributed by atoms with Crippen LogP contribution in [0.2, 0.25) is 0 Å². The van der Waals surface area contributed by atoms with E-state index in [1.807, 2.05) is 13.1 Å². The minimum Gasteiger partial charge on any atom is -0.374 e. The van der Waals surface area contributed by atoms with Crippen molar-refractivity contribution < 1.29 is 18.3 Å². The number of nitrogens with one attached hydrogen (secondary N) is 1. The molecular formula is C17H26F3N7O. The molecule has 2 N–H and O–H groups in total. The Bertz CT molecular complexity index is 799. The molecule has 156 valence electrons. The summed E-state index contributed by atoms with van der Waals surface area (Å²) in [5, 5.41) is 17.5. The van der Waals surface area contributed by atoms with E-state index in [0.29, 0.717) is 19.0 Å². The van der Waals surface area contributed by atoms with E-state index in [2.05, 4.69) is 20.4 Å². The summed E-state index contributed by atoms with van der Waals surface area (Å²) in [6.45, 7) is 2.68. The quantitative estimate of drug-likeness (QED) is 0.541. The van der Waals surface area contributed by atoms with E-state index in [1.54, 1.807) is 29.9 Å². The minimum atomic E-state index is -4.87. The van der Waals surface area contributed by atoms with Crippen LogP contribution in [0, 0.1) is 0 Å². The van der Waals surface area contributed by atoms with Gasteiger partial charge in [-0.1, -0.05) is 0 Å². The maximum Gasteiger partial charge on any atom is 0.424 e. The van der Waals surface area contributed by atoms with Gasteiger partial charge in [-0.3, -0.25) is 9.67 Å². The van der Waals surface area contributed by atoms with Gasteiger partial charge >= 0.3 is 6.18 Å². The molecule has 2 heterocycles. The zero-order valence-electron chi connectivity index (χ0n) is 16.4. The van der Waals surface area contributed by atoms with Gasteiger partial charge in [0.05, 0.1) is 6.20 Å². The normalized spacial score (nSPS) is 14.8. The highest BCUT2D eigenvalue weighted by Gasteiger charge is 2.57. The van der Waals surface area contributed by atoms with Crippen molar-refractivity contribution in [1.29, 1.82) is 0 Å². The van der Waals surface area contributed by atoms with Crippen LogP contribution in [-0.4, -0.2) is 61.6 Å². The molecule has 0 amide bonds. The molecule has 0 aliphatic heterocycles. The molecule has 2 aromatic rings. The topological polar surface area (TPSA) is 83.5 Å². The average Bonchev–Trinajstić information content (AvgIpc) is 3.21. The maximum absolute atomic E-state index is 13.6. The van der Waals surface area contributed by atoms with E-state index in [0.717, 1.165) is 10.1 Å². The molecule has 0 radical (unpaired) electrons. The lowest BCUT2D eigenvalue weighted by Crippen LogP contribution is -2.45. The Labute approximate surface area is 161 Å². The van der Waals surface area contributed by atoms with Gasteiger partial charge in [0.25, 0.3) is 0 Å². The first-order chi connectivity index (χ1) is 13.1. The van der Waals surface area contributed by atoms with E-state index in [1.165, 1.54) is 19.4 Å². The molecule has 8 nitrogen and oxygen atoms in total. The number of aromatic nitrogens is 4. The first-order valence-corrected chi connectivity index (χ1v) is 8.82. The SMILES string of the molecule is CCNC(=NCCC(O)(c1nccn1C)C(F)(F)F)N(C)Cc1cnn(C)c1. The van der Waals surface area contributed by atoms with Gasteiger partial charge in [0.1, 0.15) is 5.82 Å². The molecule has 28 heavy (non-hydrogen) atoms. The van der Waals surface area contributed by atoms with Gasteiger partial charge in [-0.15, -0.1) is 0 Å². The number of alkyl halides is 3. The second-order valence-electron chi connectivity index (χ2n) is 6.58. The Kier molecular flexibility index (Phi) is 6.70. The molecule has 0 saturated heterocycles. The van der Waals surface area contributed by atoms with Crippen molar-refractivity contribution >= 4 is 5.96 Å². The molecule has 0 aromatic carbocycles. The van der Waals surface area contributed by atoms with Crippen LogP contribution >= 0.6 is 0 Å². The Morgan fingerprint density at radius 3 is 2.57 bits per heavy atom. The second-order valence-corrected chi connectivity index (χ2v) is 6.58. The lowest BCUT2D eigenvalue weighted by Gasteiger charge is -2.29. The van der Waals surface area contributed by atoms with Gasteiger partial charge in [0.2, 0.25) is 5.60 Å². The van der Waals surface area contributed by atoms with E-state index in [-0.39, 0.29) is 6.54 Å². The van der Waals surface area contributed by atoms with E-state index < -0.39 is 24.0 Å². The van der Waals surface area contributed by atoms with Crippen LogP contribution < -0.4 is 5.32 Å². The van der Waals surface area contributed by atoms with Gasteiger partial charge in [-0.05, 0) is 6.92 Å². The van der Waals surface area contributed by atoms with Crippen LogP contribution in [0.5, 0.6) is 0 Å². The number of rotatable bonds is 7. The molecule has 0 aliphatic carbocycles. The largest absolute Gasteiger partial charge is 0.424 e. The van der Waals surface area contributed by atoms with Crippen molar-refractivity contribution in [1.82, 2.24) is 29.5 Å². The van der Waals surface area contributed by atoms with Crippen LogP contribution in [0.25, 0.3) is 0 Å². The molecule has 0 spiro atoms. The molecule has 0 fully saturated rings. The highest BCUT2D eigenvalue weighted by Crippen LogP contribution is 2.40. The third kappa shape index (κ3) is 4.83. The number of aliphatic imine (C=N–C) groups is 1. The van der Waals surface area contributed by atoms with E-state index in [9.17, 15) is 18.3 Å².